The topological polar surface area (TPSA) is 79.5 Å². The van der Waals surface area contributed by atoms with E-state index in [4.69, 9.17) is 27.9 Å². The van der Waals surface area contributed by atoms with Gasteiger partial charge in [0.25, 0.3) is 5.91 Å². The molecule has 3 rings (SSSR count). The highest BCUT2D eigenvalue weighted by Gasteiger charge is 2.26. The third-order valence-electron chi connectivity index (χ3n) is 4.47. The zero-order valence-electron chi connectivity index (χ0n) is 15.4. The number of nitrogens with one attached hydrogen (secondary N) is 3. The molecular formula is C20H20Cl2FN3O3. The standard InChI is InChI=1S/C20H20Cl2FN3O3/c21-12-1-3-13(4-2-12)26-20(28)18-8-5-14(10-24-18)25-19(27)11-29-15-6-7-16(22)17(23)9-15/h1-4,6-7,9,14,18,24H,5,8,10-11H2,(H,25,27)(H,26,28). The van der Waals surface area contributed by atoms with Gasteiger partial charge in [-0.3, -0.25) is 9.59 Å². The van der Waals surface area contributed by atoms with E-state index in [1.54, 1.807) is 24.3 Å². The number of carbonyl (C=O) groups is 2. The largest absolute Gasteiger partial charge is 0.484 e. The Hall–Kier alpha value is -2.35. The van der Waals surface area contributed by atoms with Crippen LogP contribution in [0.5, 0.6) is 5.75 Å². The summed E-state index contributed by atoms with van der Waals surface area (Å²) in [5.74, 6) is -0.840. The summed E-state index contributed by atoms with van der Waals surface area (Å²) in [4.78, 5) is 24.4. The van der Waals surface area contributed by atoms with Crippen LogP contribution in [0, 0.1) is 5.82 Å². The quantitative estimate of drug-likeness (QED) is 0.644. The molecule has 1 aliphatic rings. The Labute approximate surface area is 177 Å². The number of hydrogen-bond donors (Lipinski definition) is 3. The van der Waals surface area contributed by atoms with Crippen LogP contribution in [0.4, 0.5) is 10.1 Å². The molecule has 0 bridgehead atoms. The maximum atomic E-state index is 13.4. The molecule has 2 aromatic rings. The van der Waals surface area contributed by atoms with E-state index in [1.807, 2.05) is 0 Å². The Morgan fingerprint density at radius 1 is 1.14 bits per heavy atom. The number of hydrogen-bond acceptors (Lipinski definition) is 4. The van der Waals surface area contributed by atoms with E-state index in [2.05, 4.69) is 16.0 Å². The predicted molar refractivity (Wildman–Crippen MR) is 110 cm³/mol. The van der Waals surface area contributed by atoms with E-state index >= 15 is 0 Å². The van der Waals surface area contributed by atoms with Crippen LogP contribution in [0.25, 0.3) is 0 Å². The van der Waals surface area contributed by atoms with Crippen LogP contribution in [-0.2, 0) is 9.59 Å². The number of halogens is 3. The van der Waals surface area contributed by atoms with Gasteiger partial charge >= 0.3 is 0 Å². The van der Waals surface area contributed by atoms with Gasteiger partial charge in [0.1, 0.15) is 11.6 Å². The number of benzene rings is 2. The second-order valence-electron chi connectivity index (χ2n) is 6.66. The Bertz CT molecular complexity index is 872. The normalized spacial score (nSPS) is 18.7. The summed E-state index contributed by atoms with van der Waals surface area (Å²) in [6.07, 6.45) is 1.22. The third-order valence-corrected chi connectivity index (χ3v) is 5.03. The lowest BCUT2D eigenvalue weighted by atomic mass is 10.00. The lowest BCUT2D eigenvalue weighted by molar-refractivity contribution is -0.124. The maximum absolute atomic E-state index is 13.4. The van der Waals surface area contributed by atoms with Crippen molar-refractivity contribution in [1.82, 2.24) is 10.6 Å². The van der Waals surface area contributed by atoms with Crippen molar-refractivity contribution >= 4 is 40.7 Å². The van der Waals surface area contributed by atoms with Crippen molar-refractivity contribution in [3.05, 3.63) is 58.3 Å². The van der Waals surface area contributed by atoms with Crippen molar-refractivity contribution in [3.63, 3.8) is 0 Å². The predicted octanol–water partition coefficient (Wildman–Crippen LogP) is 3.39. The summed E-state index contributed by atoms with van der Waals surface area (Å²) in [5.41, 5.74) is 0.674. The molecule has 0 aliphatic carbocycles. The molecule has 3 N–H and O–H groups in total. The minimum Gasteiger partial charge on any atom is -0.484 e. The molecule has 0 spiro atoms. The monoisotopic (exact) mass is 439 g/mol. The molecule has 2 amide bonds. The average Bonchev–Trinajstić information content (AvgIpc) is 2.71. The van der Waals surface area contributed by atoms with Crippen molar-refractivity contribution < 1.29 is 18.7 Å². The summed E-state index contributed by atoms with van der Waals surface area (Å²) < 4.78 is 18.6. The number of rotatable bonds is 6. The molecule has 1 saturated heterocycles. The van der Waals surface area contributed by atoms with E-state index in [1.165, 1.54) is 12.1 Å². The molecule has 1 aliphatic heterocycles. The zero-order chi connectivity index (χ0) is 20.8. The van der Waals surface area contributed by atoms with Crippen LogP contribution in [0.15, 0.2) is 42.5 Å². The van der Waals surface area contributed by atoms with Gasteiger partial charge in [0, 0.05) is 29.4 Å². The Morgan fingerprint density at radius 2 is 1.90 bits per heavy atom. The summed E-state index contributed by atoms with van der Waals surface area (Å²) in [5, 5.41) is 9.40. The van der Waals surface area contributed by atoms with Gasteiger partial charge < -0.3 is 20.7 Å². The summed E-state index contributed by atoms with van der Waals surface area (Å²) in [6, 6.07) is 10.4. The van der Waals surface area contributed by atoms with Gasteiger partial charge in [0.15, 0.2) is 6.61 Å². The van der Waals surface area contributed by atoms with E-state index in [0.29, 0.717) is 30.1 Å². The number of piperidine rings is 1. The van der Waals surface area contributed by atoms with Gasteiger partial charge in [-0.25, -0.2) is 4.39 Å². The molecular weight excluding hydrogens is 420 g/mol. The van der Waals surface area contributed by atoms with Gasteiger partial charge in [-0.2, -0.15) is 0 Å². The molecule has 2 unspecified atom stereocenters. The average molecular weight is 440 g/mol. The molecule has 1 fully saturated rings. The smallest absolute Gasteiger partial charge is 0.258 e. The van der Waals surface area contributed by atoms with Gasteiger partial charge in [0.2, 0.25) is 5.91 Å². The highest BCUT2D eigenvalue weighted by Crippen LogP contribution is 2.20. The molecule has 2 aromatic carbocycles. The lowest BCUT2D eigenvalue weighted by Gasteiger charge is -2.29. The zero-order valence-corrected chi connectivity index (χ0v) is 16.9. The first-order valence-corrected chi connectivity index (χ1v) is 9.83. The van der Waals surface area contributed by atoms with Crippen molar-refractivity contribution in [3.8, 4) is 5.75 Å². The van der Waals surface area contributed by atoms with E-state index in [9.17, 15) is 14.0 Å². The van der Waals surface area contributed by atoms with Crippen LogP contribution in [0.1, 0.15) is 12.8 Å². The molecule has 6 nitrogen and oxygen atoms in total. The molecule has 9 heteroatoms. The second kappa shape index (κ2) is 9.91. The summed E-state index contributed by atoms with van der Waals surface area (Å²) in [7, 11) is 0. The second-order valence-corrected chi connectivity index (χ2v) is 7.51. The van der Waals surface area contributed by atoms with Crippen molar-refractivity contribution in [2.75, 3.05) is 18.5 Å². The fraction of sp³-hybridized carbons (Fsp3) is 0.300. The van der Waals surface area contributed by atoms with Crippen molar-refractivity contribution in [2.45, 2.75) is 24.9 Å². The fourth-order valence-electron chi connectivity index (χ4n) is 2.95. The molecule has 0 radical (unpaired) electrons. The third kappa shape index (κ3) is 6.32. The number of ether oxygens (including phenoxy) is 1. The fourth-order valence-corrected chi connectivity index (χ4v) is 3.19. The maximum Gasteiger partial charge on any atom is 0.258 e. The van der Waals surface area contributed by atoms with Gasteiger partial charge in [-0.05, 0) is 49.2 Å². The lowest BCUT2D eigenvalue weighted by Crippen LogP contribution is -2.53. The van der Waals surface area contributed by atoms with Crippen LogP contribution in [0.3, 0.4) is 0 Å². The SMILES string of the molecule is O=C(COc1ccc(Cl)c(F)c1)NC1CCC(C(=O)Nc2ccc(Cl)cc2)NC1. The molecule has 1 heterocycles. The van der Waals surface area contributed by atoms with Crippen molar-refractivity contribution in [1.29, 1.82) is 0 Å². The Morgan fingerprint density at radius 3 is 2.55 bits per heavy atom. The minimum absolute atomic E-state index is 0.00950. The highest BCUT2D eigenvalue weighted by molar-refractivity contribution is 6.31. The molecule has 154 valence electrons. The highest BCUT2D eigenvalue weighted by atomic mass is 35.5. The van der Waals surface area contributed by atoms with Crippen LogP contribution in [0.2, 0.25) is 10.0 Å². The first kappa shape index (κ1) is 21.4. The van der Waals surface area contributed by atoms with Crippen molar-refractivity contribution in [2.24, 2.45) is 0 Å². The minimum atomic E-state index is -0.607. The van der Waals surface area contributed by atoms with Gasteiger partial charge in [-0.1, -0.05) is 23.2 Å². The van der Waals surface area contributed by atoms with E-state index in [-0.39, 0.29) is 41.3 Å². The molecule has 29 heavy (non-hydrogen) atoms. The first-order valence-electron chi connectivity index (χ1n) is 9.08. The molecule has 0 saturated carbocycles. The first-order chi connectivity index (χ1) is 13.9. The van der Waals surface area contributed by atoms with E-state index in [0.717, 1.165) is 6.07 Å². The number of amides is 2. The molecule has 0 aromatic heterocycles. The van der Waals surface area contributed by atoms with Crippen LogP contribution >= 0.6 is 23.2 Å². The van der Waals surface area contributed by atoms with Gasteiger partial charge in [0.05, 0.1) is 11.1 Å². The van der Waals surface area contributed by atoms with Crippen LogP contribution in [-0.4, -0.2) is 37.0 Å². The van der Waals surface area contributed by atoms with E-state index < -0.39 is 5.82 Å². The molecule has 2 atom stereocenters. The number of carbonyl (C=O) groups excluding carboxylic acids is 2. The summed E-state index contributed by atoms with van der Waals surface area (Å²) >= 11 is 11.4. The van der Waals surface area contributed by atoms with Crippen LogP contribution < -0.4 is 20.7 Å². The Kier molecular flexibility index (Phi) is 7.30. The summed E-state index contributed by atoms with van der Waals surface area (Å²) in [6.45, 7) is 0.220. The van der Waals surface area contributed by atoms with Gasteiger partial charge in [-0.15, -0.1) is 0 Å². The Balaban J connectivity index is 1.39. The number of anilines is 1.